The summed E-state index contributed by atoms with van der Waals surface area (Å²) in [5, 5.41) is 3.16. The number of hydrogen-bond donors (Lipinski definition) is 1. The topological polar surface area (TPSA) is 67.9 Å². The normalized spacial score (nSPS) is 24.2. The average molecular weight is 352 g/mol. The molecule has 0 aromatic heterocycles. The lowest BCUT2D eigenvalue weighted by Crippen LogP contribution is -2.46. The Labute approximate surface area is 144 Å². The van der Waals surface area contributed by atoms with Gasteiger partial charge >= 0.3 is 7.12 Å². The molecule has 2 saturated heterocycles. The van der Waals surface area contributed by atoms with Crippen molar-refractivity contribution in [3.05, 3.63) is 24.3 Å². The van der Waals surface area contributed by atoms with Gasteiger partial charge in [0, 0.05) is 26.2 Å². The summed E-state index contributed by atoms with van der Waals surface area (Å²) >= 11 is 0. The second-order valence-corrected chi connectivity index (χ2v) is 9.25. The van der Waals surface area contributed by atoms with E-state index in [1.807, 2.05) is 27.7 Å². The maximum atomic E-state index is 12.7. The summed E-state index contributed by atoms with van der Waals surface area (Å²) in [6, 6.07) is 6.82. The molecular weight excluding hydrogens is 327 g/mol. The monoisotopic (exact) mass is 352 g/mol. The summed E-state index contributed by atoms with van der Waals surface area (Å²) in [6.07, 6.45) is 0. The van der Waals surface area contributed by atoms with Gasteiger partial charge in [0.25, 0.3) is 0 Å². The number of benzene rings is 1. The maximum Gasteiger partial charge on any atom is 0.494 e. The third-order valence-electron chi connectivity index (χ3n) is 5.12. The first-order chi connectivity index (χ1) is 11.1. The minimum atomic E-state index is -3.44. The molecular formula is C16H25BN2O4S. The Morgan fingerprint density at radius 2 is 1.50 bits per heavy atom. The highest BCUT2D eigenvalue weighted by molar-refractivity contribution is 7.89. The lowest BCUT2D eigenvalue weighted by atomic mass is 9.79. The number of rotatable bonds is 3. The van der Waals surface area contributed by atoms with E-state index in [-0.39, 0.29) is 0 Å². The number of nitrogens with zero attached hydrogens (tertiary/aromatic N) is 1. The molecule has 1 aromatic carbocycles. The van der Waals surface area contributed by atoms with Crippen molar-refractivity contribution < 1.29 is 17.7 Å². The predicted molar refractivity (Wildman–Crippen MR) is 93.8 cm³/mol. The molecule has 132 valence electrons. The van der Waals surface area contributed by atoms with Crippen molar-refractivity contribution >= 4 is 22.6 Å². The van der Waals surface area contributed by atoms with Crippen molar-refractivity contribution in [2.75, 3.05) is 26.2 Å². The Kier molecular flexibility index (Phi) is 4.55. The van der Waals surface area contributed by atoms with Gasteiger partial charge in [0.15, 0.2) is 0 Å². The molecule has 1 N–H and O–H groups in total. The third-order valence-corrected chi connectivity index (χ3v) is 7.03. The fraction of sp³-hybridized carbons (Fsp3) is 0.625. The molecule has 0 aliphatic carbocycles. The number of piperazine rings is 1. The van der Waals surface area contributed by atoms with Crippen molar-refractivity contribution in [2.45, 2.75) is 43.8 Å². The zero-order chi connectivity index (χ0) is 17.6. The SMILES string of the molecule is CC1(C)OB(c2ccc(S(=O)(=O)N3CCNCC3)cc2)OC1(C)C. The van der Waals surface area contributed by atoms with Crippen LogP contribution in [0.3, 0.4) is 0 Å². The molecule has 2 aliphatic heterocycles. The lowest BCUT2D eigenvalue weighted by molar-refractivity contribution is 0.00578. The molecule has 0 saturated carbocycles. The van der Waals surface area contributed by atoms with Gasteiger partial charge in [-0.3, -0.25) is 0 Å². The van der Waals surface area contributed by atoms with Crippen LogP contribution in [0.5, 0.6) is 0 Å². The van der Waals surface area contributed by atoms with E-state index in [0.29, 0.717) is 31.1 Å². The molecule has 0 amide bonds. The summed E-state index contributed by atoms with van der Waals surface area (Å²) < 4.78 is 38.8. The maximum absolute atomic E-state index is 12.7. The zero-order valence-corrected chi connectivity index (χ0v) is 15.5. The highest BCUT2D eigenvalue weighted by atomic mass is 32.2. The number of nitrogens with one attached hydrogen (secondary N) is 1. The first kappa shape index (κ1) is 17.9. The molecule has 0 atom stereocenters. The first-order valence-corrected chi connectivity index (χ1v) is 9.74. The largest absolute Gasteiger partial charge is 0.494 e. The Balaban J connectivity index is 1.79. The van der Waals surface area contributed by atoms with E-state index in [9.17, 15) is 8.42 Å². The standard InChI is InChI=1S/C16H25BN2O4S/c1-15(2)16(3,4)23-17(22-15)13-5-7-14(8-6-13)24(20,21)19-11-9-18-10-12-19/h5-8,18H,9-12H2,1-4H3. The Morgan fingerprint density at radius 1 is 1.00 bits per heavy atom. The van der Waals surface area contributed by atoms with E-state index in [4.69, 9.17) is 9.31 Å². The van der Waals surface area contributed by atoms with Gasteiger partial charge < -0.3 is 14.6 Å². The quantitative estimate of drug-likeness (QED) is 0.806. The van der Waals surface area contributed by atoms with E-state index in [2.05, 4.69) is 5.32 Å². The smallest absolute Gasteiger partial charge is 0.399 e. The molecule has 24 heavy (non-hydrogen) atoms. The summed E-state index contributed by atoms with van der Waals surface area (Å²) in [5.41, 5.74) is -0.000184. The number of sulfonamides is 1. The Morgan fingerprint density at radius 3 is 2.00 bits per heavy atom. The van der Waals surface area contributed by atoms with Gasteiger partial charge in [0.05, 0.1) is 16.1 Å². The fourth-order valence-electron chi connectivity index (χ4n) is 2.81. The van der Waals surface area contributed by atoms with Crippen molar-refractivity contribution in [1.29, 1.82) is 0 Å². The molecule has 8 heteroatoms. The van der Waals surface area contributed by atoms with Crippen molar-refractivity contribution in [2.24, 2.45) is 0 Å². The highest BCUT2D eigenvalue weighted by Crippen LogP contribution is 2.36. The predicted octanol–water partition coefficient (Wildman–Crippen LogP) is 0.580. The van der Waals surface area contributed by atoms with E-state index >= 15 is 0 Å². The minimum absolute atomic E-state index is 0.310. The van der Waals surface area contributed by atoms with Crippen LogP contribution in [0.2, 0.25) is 0 Å². The molecule has 2 aliphatic rings. The van der Waals surface area contributed by atoms with Gasteiger partial charge in [-0.2, -0.15) is 4.31 Å². The minimum Gasteiger partial charge on any atom is -0.399 e. The lowest BCUT2D eigenvalue weighted by Gasteiger charge is -2.32. The van der Waals surface area contributed by atoms with Crippen molar-refractivity contribution in [1.82, 2.24) is 9.62 Å². The molecule has 0 radical (unpaired) electrons. The zero-order valence-electron chi connectivity index (χ0n) is 14.7. The van der Waals surface area contributed by atoms with Gasteiger partial charge in [-0.15, -0.1) is 0 Å². The molecule has 2 fully saturated rings. The third kappa shape index (κ3) is 3.13. The van der Waals surface area contributed by atoms with Crippen molar-refractivity contribution in [3.8, 4) is 0 Å². The van der Waals surface area contributed by atoms with Crippen LogP contribution in [-0.4, -0.2) is 57.2 Å². The summed E-state index contributed by atoms with van der Waals surface area (Å²) in [6.45, 7) is 10.4. The van der Waals surface area contributed by atoms with Gasteiger partial charge in [0.1, 0.15) is 0 Å². The van der Waals surface area contributed by atoms with Gasteiger partial charge in [0.2, 0.25) is 10.0 Å². The molecule has 6 nitrogen and oxygen atoms in total. The van der Waals surface area contributed by atoms with E-state index in [1.165, 1.54) is 4.31 Å². The molecule has 3 rings (SSSR count). The van der Waals surface area contributed by atoms with E-state index in [0.717, 1.165) is 5.46 Å². The van der Waals surface area contributed by atoms with Gasteiger partial charge in [-0.05, 0) is 45.3 Å². The molecule has 0 bridgehead atoms. The van der Waals surface area contributed by atoms with Crippen LogP contribution in [0.25, 0.3) is 0 Å². The number of hydrogen-bond acceptors (Lipinski definition) is 5. The first-order valence-electron chi connectivity index (χ1n) is 8.30. The molecule has 1 aromatic rings. The van der Waals surface area contributed by atoms with Crippen LogP contribution >= 0.6 is 0 Å². The van der Waals surface area contributed by atoms with Crippen LogP contribution in [-0.2, 0) is 19.3 Å². The molecule has 0 spiro atoms. The average Bonchev–Trinajstić information content (AvgIpc) is 2.76. The van der Waals surface area contributed by atoms with Crippen LogP contribution in [0.4, 0.5) is 0 Å². The van der Waals surface area contributed by atoms with Gasteiger partial charge in [-0.1, -0.05) is 12.1 Å². The Hall–Kier alpha value is -0.925. The molecule has 0 unspecified atom stereocenters. The summed E-state index contributed by atoms with van der Waals surface area (Å²) in [4.78, 5) is 0.310. The summed E-state index contributed by atoms with van der Waals surface area (Å²) in [5.74, 6) is 0. The Bertz CT molecular complexity index is 681. The summed E-state index contributed by atoms with van der Waals surface area (Å²) in [7, 11) is -3.92. The molecule has 2 heterocycles. The van der Waals surface area contributed by atoms with Crippen LogP contribution in [0.1, 0.15) is 27.7 Å². The van der Waals surface area contributed by atoms with Crippen molar-refractivity contribution in [3.63, 3.8) is 0 Å². The second-order valence-electron chi connectivity index (χ2n) is 7.31. The van der Waals surface area contributed by atoms with Crippen LogP contribution in [0, 0.1) is 0 Å². The fourth-order valence-corrected chi connectivity index (χ4v) is 4.25. The van der Waals surface area contributed by atoms with Crippen LogP contribution < -0.4 is 10.8 Å². The van der Waals surface area contributed by atoms with Crippen LogP contribution in [0.15, 0.2) is 29.2 Å². The highest BCUT2D eigenvalue weighted by Gasteiger charge is 2.51. The van der Waals surface area contributed by atoms with E-state index < -0.39 is 28.3 Å². The van der Waals surface area contributed by atoms with E-state index in [1.54, 1.807) is 24.3 Å². The van der Waals surface area contributed by atoms with Gasteiger partial charge in [-0.25, -0.2) is 8.42 Å². The second kappa shape index (κ2) is 6.11.